The average Bonchev–Trinajstić information content (AvgIpc) is 2.42. The van der Waals surface area contributed by atoms with Crippen molar-refractivity contribution >= 4 is 17.3 Å². The van der Waals surface area contributed by atoms with Crippen LogP contribution in [0.25, 0.3) is 0 Å². The molecule has 4 heteroatoms. The molecule has 110 valence electrons. The van der Waals surface area contributed by atoms with Gasteiger partial charge in [0.25, 0.3) is 0 Å². The van der Waals surface area contributed by atoms with Crippen LogP contribution in [0.3, 0.4) is 0 Å². The summed E-state index contributed by atoms with van der Waals surface area (Å²) in [6, 6.07) is 5.83. The normalized spacial score (nSPS) is 17.6. The Morgan fingerprint density at radius 2 is 2.00 bits per heavy atom. The highest BCUT2D eigenvalue weighted by Crippen LogP contribution is 2.18. The van der Waals surface area contributed by atoms with E-state index in [1.54, 1.807) is 19.1 Å². The van der Waals surface area contributed by atoms with E-state index >= 15 is 0 Å². The van der Waals surface area contributed by atoms with Gasteiger partial charge >= 0.3 is 0 Å². The molecule has 0 saturated heterocycles. The van der Waals surface area contributed by atoms with Gasteiger partial charge in [0.15, 0.2) is 5.11 Å². The lowest BCUT2D eigenvalue weighted by Crippen LogP contribution is -2.43. The molecule has 0 spiro atoms. The van der Waals surface area contributed by atoms with E-state index in [2.05, 4.69) is 10.6 Å². The molecule has 1 aliphatic rings. The summed E-state index contributed by atoms with van der Waals surface area (Å²) in [5.74, 6) is -0.165. The van der Waals surface area contributed by atoms with Crippen molar-refractivity contribution in [1.29, 1.82) is 0 Å². The highest BCUT2D eigenvalue weighted by molar-refractivity contribution is 7.80. The second-order valence-electron chi connectivity index (χ2n) is 5.68. The topological polar surface area (TPSA) is 24.1 Å². The van der Waals surface area contributed by atoms with Crippen LogP contribution in [-0.4, -0.2) is 11.2 Å². The summed E-state index contributed by atoms with van der Waals surface area (Å²) < 4.78 is 13.6. The molecule has 20 heavy (non-hydrogen) atoms. The van der Waals surface area contributed by atoms with Gasteiger partial charge in [-0.3, -0.25) is 0 Å². The van der Waals surface area contributed by atoms with E-state index in [0.29, 0.717) is 16.7 Å². The van der Waals surface area contributed by atoms with E-state index in [9.17, 15) is 4.39 Å². The van der Waals surface area contributed by atoms with Crippen LogP contribution in [0.5, 0.6) is 0 Å². The van der Waals surface area contributed by atoms with E-state index in [4.69, 9.17) is 12.2 Å². The third-order valence-corrected chi connectivity index (χ3v) is 4.22. The molecule has 1 fully saturated rings. The van der Waals surface area contributed by atoms with Crippen LogP contribution in [0.4, 0.5) is 4.39 Å². The van der Waals surface area contributed by atoms with E-state index in [1.165, 1.54) is 32.1 Å². The summed E-state index contributed by atoms with van der Waals surface area (Å²) in [6.45, 7) is 3.77. The number of hydrogen-bond donors (Lipinski definition) is 2. The second-order valence-corrected chi connectivity index (χ2v) is 6.09. The van der Waals surface area contributed by atoms with Crippen molar-refractivity contribution in [2.45, 2.75) is 58.0 Å². The van der Waals surface area contributed by atoms with Gasteiger partial charge in [-0.15, -0.1) is 0 Å². The number of aryl methyl sites for hydroxylation is 1. The van der Waals surface area contributed by atoms with E-state index in [0.717, 1.165) is 5.56 Å². The molecule has 0 aliphatic heterocycles. The van der Waals surface area contributed by atoms with Crippen LogP contribution < -0.4 is 10.6 Å². The third-order valence-electron chi connectivity index (χ3n) is 3.98. The predicted octanol–water partition coefficient (Wildman–Crippen LogP) is 3.99. The summed E-state index contributed by atoms with van der Waals surface area (Å²) in [5.41, 5.74) is 1.59. The Hall–Kier alpha value is -1.16. The molecule has 0 radical (unpaired) electrons. The highest BCUT2D eigenvalue weighted by atomic mass is 32.1. The van der Waals surface area contributed by atoms with Crippen LogP contribution in [0, 0.1) is 12.7 Å². The highest BCUT2D eigenvalue weighted by Gasteiger charge is 2.15. The van der Waals surface area contributed by atoms with Gasteiger partial charge in [-0.2, -0.15) is 0 Å². The molecule has 0 aromatic heterocycles. The van der Waals surface area contributed by atoms with Crippen molar-refractivity contribution in [3.63, 3.8) is 0 Å². The van der Waals surface area contributed by atoms with Crippen molar-refractivity contribution in [3.05, 3.63) is 35.1 Å². The number of benzene rings is 1. The Kier molecular flexibility index (Phi) is 5.35. The monoisotopic (exact) mass is 294 g/mol. The maximum Gasteiger partial charge on any atom is 0.166 e. The first-order valence-corrected chi connectivity index (χ1v) is 7.80. The van der Waals surface area contributed by atoms with Gasteiger partial charge in [-0.05, 0) is 56.1 Å². The molecule has 0 amide bonds. The van der Waals surface area contributed by atoms with Crippen LogP contribution in [0.1, 0.15) is 56.2 Å². The molecule has 1 aromatic rings. The standard InChI is InChI=1S/C16H23FN2S/c1-11-8-9-13(10-15(11)17)12(2)18-16(20)19-14-6-4-3-5-7-14/h8-10,12,14H,3-7H2,1-2H3,(H2,18,19,20). The maximum absolute atomic E-state index is 13.6. The van der Waals surface area contributed by atoms with Gasteiger partial charge in [0.1, 0.15) is 5.82 Å². The lowest BCUT2D eigenvalue weighted by atomic mass is 9.96. The molecule has 2 rings (SSSR count). The van der Waals surface area contributed by atoms with Gasteiger partial charge in [0, 0.05) is 6.04 Å². The van der Waals surface area contributed by atoms with Gasteiger partial charge in [0.05, 0.1) is 6.04 Å². The number of rotatable bonds is 3. The molecule has 1 aliphatic carbocycles. The second kappa shape index (κ2) is 7.02. The minimum absolute atomic E-state index is 0.00805. The molecule has 2 N–H and O–H groups in total. The van der Waals surface area contributed by atoms with Gasteiger partial charge in [0.2, 0.25) is 0 Å². The molecule has 1 aromatic carbocycles. The zero-order valence-electron chi connectivity index (χ0n) is 12.2. The van der Waals surface area contributed by atoms with Gasteiger partial charge < -0.3 is 10.6 Å². The fourth-order valence-electron chi connectivity index (χ4n) is 2.63. The molecular formula is C16H23FN2S. The summed E-state index contributed by atoms with van der Waals surface area (Å²) in [7, 11) is 0. The molecular weight excluding hydrogens is 271 g/mol. The van der Waals surface area contributed by atoms with Crippen molar-refractivity contribution in [2.75, 3.05) is 0 Å². The van der Waals surface area contributed by atoms with Gasteiger partial charge in [-0.25, -0.2) is 4.39 Å². The maximum atomic E-state index is 13.6. The fourth-order valence-corrected chi connectivity index (χ4v) is 2.98. The van der Waals surface area contributed by atoms with Gasteiger partial charge in [-0.1, -0.05) is 31.4 Å². The van der Waals surface area contributed by atoms with Crippen molar-refractivity contribution in [2.24, 2.45) is 0 Å². The first kappa shape index (κ1) is 15.2. The molecule has 0 bridgehead atoms. The summed E-state index contributed by atoms with van der Waals surface area (Å²) >= 11 is 5.35. The van der Waals surface area contributed by atoms with Crippen LogP contribution in [-0.2, 0) is 0 Å². The van der Waals surface area contributed by atoms with E-state index < -0.39 is 0 Å². The molecule has 0 heterocycles. The minimum atomic E-state index is -0.165. The predicted molar refractivity (Wildman–Crippen MR) is 85.3 cm³/mol. The lowest BCUT2D eigenvalue weighted by molar-refractivity contribution is 0.411. The van der Waals surface area contributed by atoms with Crippen LogP contribution in [0.2, 0.25) is 0 Å². The Morgan fingerprint density at radius 1 is 1.30 bits per heavy atom. The smallest absolute Gasteiger partial charge is 0.166 e. The van der Waals surface area contributed by atoms with Crippen molar-refractivity contribution < 1.29 is 4.39 Å². The number of nitrogens with one attached hydrogen (secondary N) is 2. The zero-order chi connectivity index (χ0) is 14.5. The quantitative estimate of drug-likeness (QED) is 0.824. The van der Waals surface area contributed by atoms with Crippen molar-refractivity contribution in [1.82, 2.24) is 10.6 Å². The first-order chi connectivity index (χ1) is 9.56. The Labute approximate surface area is 126 Å². The number of hydrogen-bond acceptors (Lipinski definition) is 1. The van der Waals surface area contributed by atoms with Crippen molar-refractivity contribution in [3.8, 4) is 0 Å². The fraction of sp³-hybridized carbons (Fsp3) is 0.562. The van der Waals surface area contributed by atoms with Crippen LogP contribution >= 0.6 is 12.2 Å². The number of thiocarbonyl (C=S) groups is 1. The molecule has 1 unspecified atom stereocenters. The zero-order valence-corrected chi connectivity index (χ0v) is 13.0. The molecule has 1 saturated carbocycles. The largest absolute Gasteiger partial charge is 0.360 e. The Morgan fingerprint density at radius 3 is 2.65 bits per heavy atom. The average molecular weight is 294 g/mol. The minimum Gasteiger partial charge on any atom is -0.360 e. The molecule has 1 atom stereocenters. The van der Waals surface area contributed by atoms with Crippen LogP contribution in [0.15, 0.2) is 18.2 Å². The van der Waals surface area contributed by atoms with E-state index in [-0.39, 0.29) is 11.9 Å². The SMILES string of the molecule is Cc1ccc(C(C)NC(=S)NC2CCCCC2)cc1F. The summed E-state index contributed by atoms with van der Waals surface area (Å²) in [6.07, 6.45) is 6.26. The summed E-state index contributed by atoms with van der Waals surface area (Å²) in [4.78, 5) is 0. The Balaban J connectivity index is 1.87. The summed E-state index contributed by atoms with van der Waals surface area (Å²) in [5, 5.41) is 7.29. The van der Waals surface area contributed by atoms with E-state index in [1.807, 2.05) is 13.0 Å². The Bertz CT molecular complexity index is 470. The third kappa shape index (κ3) is 4.17. The first-order valence-electron chi connectivity index (χ1n) is 7.39. The molecule has 2 nitrogen and oxygen atoms in total. The number of halogens is 1. The lowest BCUT2D eigenvalue weighted by Gasteiger charge is -2.26.